The second-order valence-corrected chi connectivity index (χ2v) is 8.50. The maximum Gasteiger partial charge on any atom is 0.232 e. The van der Waals surface area contributed by atoms with Gasteiger partial charge in [0.2, 0.25) is 5.95 Å². The monoisotopic (exact) mass is 441 g/mol. The van der Waals surface area contributed by atoms with Crippen molar-refractivity contribution in [2.75, 3.05) is 23.3 Å². The average molecular weight is 442 g/mol. The van der Waals surface area contributed by atoms with Gasteiger partial charge < -0.3 is 20.0 Å². The standard InChI is InChI=1S/C20H23N7OS2/c1-14-5-2-9-27(13-14)16-11-17(30-20-21-7-4-8-22-20)25-18(24-16)26-19(29)23-12-15-6-3-10-28-15/h3-4,6-8,10-11,14H,2,5,9,12-13H2,1H3,(H2,23,24,25,26,29). The highest BCUT2D eigenvalue weighted by Gasteiger charge is 2.20. The molecule has 3 aromatic heterocycles. The first-order valence-corrected chi connectivity index (χ1v) is 11.0. The summed E-state index contributed by atoms with van der Waals surface area (Å²) < 4.78 is 5.32. The lowest BCUT2D eigenvalue weighted by molar-refractivity contribution is 0.444. The molecule has 0 amide bonds. The molecule has 10 heteroatoms. The van der Waals surface area contributed by atoms with E-state index in [4.69, 9.17) is 21.6 Å². The number of nitrogens with zero attached hydrogens (tertiary/aromatic N) is 5. The van der Waals surface area contributed by atoms with Gasteiger partial charge in [0.05, 0.1) is 12.8 Å². The van der Waals surface area contributed by atoms with Gasteiger partial charge in [0.1, 0.15) is 16.6 Å². The molecule has 2 N–H and O–H groups in total. The van der Waals surface area contributed by atoms with Gasteiger partial charge in [-0.2, -0.15) is 4.98 Å². The van der Waals surface area contributed by atoms with Gasteiger partial charge in [-0.05, 0) is 60.9 Å². The first-order chi connectivity index (χ1) is 14.7. The van der Waals surface area contributed by atoms with Crippen LogP contribution >= 0.6 is 24.0 Å². The average Bonchev–Trinajstić information content (AvgIpc) is 3.27. The number of nitrogens with one attached hydrogen (secondary N) is 2. The lowest BCUT2D eigenvalue weighted by Crippen LogP contribution is -2.35. The van der Waals surface area contributed by atoms with Gasteiger partial charge in [-0.3, -0.25) is 0 Å². The fraction of sp³-hybridized carbons (Fsp3) is 0.350. The molecule has 1 saturated heterocycles. The van der Waals surface area contributed by atoms with Gasteiger partial charge in [0, 0.05) is 31.5 Å². The van der Waals surface area contributed by atoms with Crippen LogP contribution in [0.25, 0.3) is 0 Å². The quantitative estimate of drug-likeness (QED) is 0.335. The van der Waals surface area contributed by atoms with Crippen LogP contribution in [0, 0.1) is 5.92 Å². The molecule has 0 aromatic carbocycles. The number of hydrogen-bond acceptors (Lipinski definition) is 8. The smallest absolute Gasteiger partial charge is 0.232 e. The van der Waals surface area contributed by atoms with E-state index in [1.54, 1.807) is 24.7 Å². The van der Waals surface area contributed by atoms with Crippen LogP contribution in [0.5, 0.6) is 0 Å². The van der Waals surface area contributed by atoms with Gasteiger partial charge >= 0.3 is 0 Å². The van der Waals surface area contributed by atoms with Crippen molar-refractivity contribution < 1.29 is 4.42 Å². The summed E-state index contributed by atoms with van der Waals surface area (Å²) in [5.41, 5.74) is 0. The van der Waals surface area contributed by atoms with Crippen molar-refractivity contribution in [3.8, 4) is 0 Å². The van der Waals surface area contributed by atoms with E-state index in [9.17, 15) is 0 Å². The minimum atomic E-state index is 0.433. The van der Waals surface area contributed by atoms with E-state index in [-0.39, 0.29) is 0 Å². The summed E-state index contributed by atoms with van der Waals surface area (Å²) in [5, 5.41) is 8.04. The van der Waals surface area contributed by atoms with Crippen molar-refractivity contribution in [1.29, 1.82) is 0 Å². The Balaban J connectivity index is 1.52. The van der Waals surface area contributed by atoms with Crippen molar-refractivity contribution in [2.24, 2.45) is 5.92 Å². The highest BCUT2D eigenvalue weighted by molar-refractivity contribution is 7.99. The van der Waals surface area contributed by atoms with Crippen LogP contribution in [0.4, 0.5) is 11.8 Å². The van der Waals surface area contributed by atoms with Crippen LogP contribution in [0.3, 0.4) is 0 Å². The van der Waals surface area contributed by atoms with Crippen LogP contribution in [0.15, 0.2) is 57.5 Å². The lowest BCUT2D eigenvalue weighted by Gasteiger charge is -2.32. The number of furan rings is 1. The van der Waals surface area contributed by atoms with Crippen LogP contribution in [-0.4, -0.2) is 38.1 Å². The van der Waals surface area contributed by atoms with E-state index in [1.807, 2.05) is 18.2 Å². The molecule has 3 aromatic rings. The minimum absolute atomic E-state index is 0.433. The Morgan fingerprint density at radius 1 is 1.30 bits per heavy atom. The van der Waals surface area contributed by atoms with Crippen molar-refractivity contribution in [3.63, 3.8) is 0 Å². The third-order valence-electron chi connectivity index (χ3n) is 4.64. The molecule has 4 heterocycles. The zero-order valence-electron chi connectivity index (χ0n) is 16.6. The molecular formula is C20H23N7OS2. The first kappa shape index (κ1) is 20.5. The summed E-state index contributed by atoms with van der Waals surface area (Å²) in [4.78, 5) is 20.2. The Hall–Kier alpha value is -2.72. The van der Waals surface area contributed by atoms with Crippen LogP contribution in [-0.2, 0) is 6.54 Å². The van der Waals surface area contributed by atoms with Gasteiger partial charge in [0.25, 0.3) is 0 Å². The lowest BCUT2D eigenvalue weighted by atomic mass is 10.0. The largest absolute Gasteiger partial charge is 0.467 e. The summed E-state index contributed by atoms with van der Waals surface area (Å²) >= 11 is 6.81. The molecule has 156 valence electrons. The van der Waals surface area contributed by atoms with Crippen LogP contribution in [0.2, 0.25) is 0 Å². The summed E-state index contributed by atoms with van der Waals surface area (Å²) in [6.07, 6.45) is 7.47. The number of anilines is 2. The molecule has 1 unspecified atom stereocenters. The molecule has 1 aliphatic heterocycles. The van der Waals surface area contributed by atoms with Crippen LogP contribution in [0.1, 0.15) is 25.5 Å². The van der Waals surface area contributed by atoms with E-state index < -0.39 is 0 Å². The molecule has 4 rings (SSSR count). The molecule has 0 aliphatic carbocycles. The Kier molecular flexibility index (Phi) is 6.75. The number of rotatable bonds is 6. The van der Waals surface area contributed by atoms with E-state index in [0.717, 1.165) is 36.1 Å². The van der Waals surface area contributed by atoms with E-state index in [1.165, 1.54) is 18.2 Å². The number of aromatic nitrogens is 4. The Morgan fingerprint density at radius 2 is 2.17 bits per heavy atom. The van der Waals surface area contributed by atoms with E-state index >= 15 is 0 Å². The van der Waals surface area contributed by atoms with Crippen molar-refractivity contribution >= 4 is 40.9 Å². The molecule has 0 spiro atoms. The normalized spacial score (nSPS) is 16.3. The Bertz CT molecular complexity index is 969. The zero-order chi connectivity index (χ0) is 20.8. The Morgan fingerprint density at radius 3 is 2.93 bits per heavy atom. The van der Waals surface area contributed by atoms with Crippen molar-refractivity contribution in [1.82, 2.24) is 25.3 Å². The summed E-state index contributed by atoms with van der Waals surface area (Å²) in [7, 11) is 0. The first-order valence-electron chi connectivity index (χ1n) is 9.82. The maximum atomic E-state index is 5.41. The molecule has 30 heavy (non-hydrogen) atoms. The molecule has 8 nitrogen and oxygen atoms in total. The fourth-order valence-corrected chi connectivity index (χ4v) is 4.11. The SMILES string of the molecule is CC1CCCN(c2cc(Sc3ncccn3)nc(NC(=S)NCc3ccco3)n2)C1. The third-order valence-corrected chi connectivity index (χ3v) is 5.69. The summed E-state index contributed by atoms with van der Waals surface area (Å²) in [6, 6.07) is 7.51. The molecule has 0 radical (unpaired) electrons. The topological polar surface area (TPSA) is 92.0 Å². The molecule has 1 fully saturated rings. The minimum Gasteiger partial charge on any atom is -0.467 e. The van der Waals surface area contributed by atoms with Gasteiger partial charge in [-0.25, -0.2) is 15.0 Å². The maximum absolute atomic E-state index is 5.41. The fourth-order valence-electron chi connectivity index (χ4n) is 3.24. The predicted molar refractivity (Wildman–Crippen MR) is 121 cm³/mol. The second-order valence-electron chi connectivity index (χ2n) is 7.10. The molecule has 0 bridgehead atoms. The molecule has 0 saturated carbocycles. The zero-order valence-corrected chi connectivity index (χ0v) is 18.2. The number of thiocarbonyl (C=S) groups is 1. The summed E-state index contributed by atoms with van der Waals surface area (Å²) in [5.74, 6) is 2.76. The van der Waals surface area contributed by atoms with Gasteiger partial charge in [0.15, 0.2) is 10.3 Å². The molecular weight excluding hydrogens is 418 g/mol. The van der Waals surface area contributed by atoms with Crippen molar-refractivity contribution in [3.05, 3.63) is 48.7 Å². The summed E-state index contributed by atoms with van der Waals surface area (Å²) in [6.45, 7) is 4.72. The third kappa shape index (κ3) is 5.67. The van der Waals surface area contributed by atoms with Gasteiger partial charge in [-0.15, -0.1) is 0 Å². The highest BCUT2D eigenvalue weighted by Crippen LogP contribution is 2.29. The number of piperidine rings is 1. The molecule has 1 atom stereocenters. The van der Waals surface area contributed by atoms with Crippen LogP contribution < -0.4 is 15.5 Å². The van der Waals surface area contributed by atoms with E-state index in [2.05, 4.69) is 37.4 Å². The second kappa shape index (κ2) is 9.86. The highest BCUT2D eigenvalue weighted by atomic mass is 32.2. The number of hydrogen-bond donors (Lipinski definition) is 2. The predicted octanol–water partition coefficient (Wildman–Crippen LogP) is 3.73. The Labute approximate surface area is 184 Å². The van der Waals surface area contributed by atoms with Gasteiger partial charge in [-0.1, -0.05) is 6.92 Å². The molecule has 1 aliphatic rings. The van der Waals surface area contributed by atoms with E-state index in [0.29, 0.717) is 28.7 Å². The van der Waals surface area contributed by atoms with Crippen molar-refractivity contribution in [2.45, 2.75) is 36.5 Å².